The molecule has 2 aromatic carbocycles. The summed E-state index contributed by atoms with van der Waals surface area (Å²) < 4.78 is 7.99. The van der Waals surface area contributed by atoms with E-state index in [1.165, 1.54) is 0 Å². The smallest absolute Gasteiger partial charge is 0.241 e. The van der Waals surface area contributed by atoms with Crippen molar-refractivity contribution in [2.45, 2.75) is 6.42 Å². The minimum atomic E-state index is 0.244. The highest BCUT2D eigenvalue weighted by molar-refractivity contribution is 6.32. The Hall–Kier alpha value is -2.72. The molecule has 0 bridgehead atoms. The normalized spacial score (nSPS) is 12.9. The number of rotatable bonds is 0. The van der Waals surface area contributed by atoms with Crippen LogP contribution in [0.5, 0.6) is 17.4 Å². The number of aromatic hydroxyl groups is 1. The van der Waals surface area contributed by atoms with Crippen LogP contribution >= 0.6 is 11.6 Å². The van der Waals surface area contributed by atoms with Crippen LogP contribution in [0.3, 0.4) is 0 Å². The largest absolute Gasteiger partial charge is 0.508 e. The van der Waals surface area contributed by atoms with E-state index < -0.39 is 0 Å². The SMILES string of the molecule is Oc1ccc2c(ccn3c4c(nc23)Oc2c(Cl)cccc2C4)c1. The second-order valence-electron chi connectivity index (χ2n) is 5.65. The van der Waals surface area contributed by atoms with Gasteiger partial charge in [-0.3, -0.25) is 4.40 Å². The zero-order chi connectivity index (χ0) is 15.6. The molecule has 0 atom stereocenters. The molecule has 1 aliphatic rings. The highest BCUT2D eigenvalue weighted by Gasteiger charge is 2.24. The first-order chi connectivity index (χ1) is 11.2. The van der Waals surface area contributed by atoms with Gasteiger partial charge in [0.25, 0.3) is 0 Å². The van der Waals surface area contributed by atoms with Crippen molar-refractivity contribution in [3.63, 3.8) is 0 Å². The van der Waals surface area contributed by atoms with E-state index in [2.05, 4.69) is 4.98 Å². The molecule has 0 fully saturated rings. The summed E-state index contributed by atoms with van der Waals surface area (Å²) in [5.74, 6) is 1.52. The van der Waals surface area contributed by atoms with Crippen molar-refractivity contribution in [2.24, 2.45) is 0 Å². The Bertz CT molecular complexity index is 1100. The lowest BCUT2D eigenvalue weighted by Crippen LogP contribution is -2.04. The zero-order valence-corrected chi connectivity index (χ0v) is 12.7. The number of para-hydroxylation sites is 1. The molecule has 4 nitrogen and oxygen atoms in total. The van der Waals surface area contributed by atoms with Crippen LogP contribution in [0.4, 0.5) is 0 Å². The fourth-order valence-electron chi connectivity index (χ4n) is 3.17. The van der Waals surface area contributed by atoms with Crippen LogP contribution in [0.15, 0.2) is 48.7 Å². The first kappa shape index (κ1) is 12.8. The minimum Gasteiger partial charge on any atom is -0.508 e. The Balaban J connectivity index is 1.80. The maximum absolute atomic E-state index is 9.65. The molecule has 3 heterocycles. The topological polar surface area (TPSA) is 46.8 Å². The number of nitrogens with zero attached hydrogens (tertiary/aromatic N) is 2. The molecule has 0 aliphatic carbocycles. The molecule has 4 aromatic rings. The first-order valence-electron chi connectivity index (χ1n) is 7.28. The number of aromatic nitrogens is 2. The molecule has 2 aromatic heterocycles. The molecule has 1 N–H and O–H groups in total. The zero-order valence-electron chi connectivity index (χ0n) is 12.0. The fraction of sp³-hybridized carbons (Fsp3) is 0.0556. The van der Waals surface area contributed by atoms with Gasteiger partial charge in [0.2, 0.25) is 5.88 Å². The molecule has 1 aliphatic heterocycles. The quantitative estimate of drug-likeness (QED) is 0.455. The molecule has 0 amide bonds. The van der Waals surface area contributed by atoms with Gasteiger partial charge in [-0.05, 0) is 35.7 Å². The van der Waals surface area contributed by atoms with Crippen LogP contribution in [0, 0.1) is 0 Å². The van der Waals surface area contributed by atoms with E-state index >= 15 is 0 Å². The van der Waals surface area contributed by atoms with E-state index in [4.69, 9.17) is 16.3 Å². The predicted octanol–water partition coefficient (Wildman–Crippen LogP) is 4.54. The van der Waals surface area contributed by atoms with E-state index in [1.54, 1.807) is 12.1 Å². The molecule has 0 radical (unpaired) electrons. The van der Waals surface area contributed by atoms with E-state index in [9.17, 15) is 5.11 Å². The highest BCUT2D eigenvalue weighted by atomic mass is 35.5. The molecule has 0 spiro atoms. The lowest BCUT2D eigenvalue weighted by Gasteiger charge is -2.17. The lowest BCUT2D eigenvalue weighted by atomic mass is 10.1. The van der Waals surface area contributed by atoms with Crippen molar-refractivity contribution in [1.29, 1.82) is 0 Å². The predicted molar refractivity (Wildman–Crippen MR) is 88.7 cm³/mol. The Morgan fingerprint density at radius 2 is 2.09 bits per heavy atom. The summed E-state index contributed by atoms with van der Waals surface area (Å²) in [7, 11) is 0. The molecule has 23 heavy (non-hydrogen) atoms. The molecule has 5 heteroatoms. The first-order valence-corrected chi connectivity index (χ1v) is 7.66. The number of benzene rings is 2. The van der Waals surface area contributed by atoms with Crippen LogP contribution < -0.4 is 4.74 Å². The van der Waals surface area contributed by atoms with Crippen molar-refractivity contribution in [3.05, 3.63) is 64.9 Å². The average molecular weight is 323 g/mol. The number of phenols is 1. The van der Waals surface area contributed by atoms with E-state index in [0.29, 0.717) is 16.7 Å². The Kier molecular flexibility index (Phi) is 2.44. The van der Waals surface area contributed by atoms with Gasteiger partial charge in [-0.25, -0.2) is 0 Å². The summed E-state index contributed by atoms with van der Waals surface area (Å²) >= 11 is 6.23. The van der Waals surface area contributed by atoms with Gasteiger partial charge in [-0.15, -0.1) is 0 Å². The molecule has 0 saturated heterocycles. The lowest BCUT2D eigenvalue weighted by molar-refractivity contribution is 0.443. The minimum absolute atomic E-state index is 0.244. The molecular weight excluding hydrogens is 312 g/mol. The maximum Gasteiger partial charge on any atom is 0.241 e. The number of ether oxygens (including phenoxy) is 1. The third-order valence-corrected chi connectivity index (χ3v) is 4.56. The standard InChI is InChI=1S/C18H11ClN2O2/c19-14-3-1-2-11-9-15-18(23-16(11)14)20-17-13-5-4-12(22)8-10(13)6-7-21(15)17/h1-8,22H,9H2. The molecule has 112 valence electrons. The number of phenolic OH excluding ortho intramolecular Hbond substituents is 1. The molecule has 0 saturated carbocycles. The summed E-state index contributed by atoms with van der Waals surface area (Å²) in [5.41, 5.74) is 2.87. The monoisotopic (exact) mass is 322 g/mol. The van der Waals surface area contributed by atoms with Gasteiger partial charge in [0.1, 0.15) is 11.4 Å². The van der Waals surface area contributed by atoms with Crippen molar-refractivity contribution in [3.8, 4) is 17.4 Å². The summed E-state index contributed by atoms with van der Waals surface area (Å²) in [6.45, 7) is 0. The van der Waals surface area contributed by atoms with Crippen LogP contribution in [0.25, 0.3) is 16.4 Å². The number of imidazole rings is 1. The van der Waals surface area contributed by atoms with Crippen molar-refractivity contribution in [2.75, 3.05) is 0 Å². The van der Waals surface area contributed by atoms with Gasteiger partial charge in [0.15, 0.2) is 5.75 Å². The second kappa shape index (κ2) is 4.40. The van der Waals surface area contributed by atoms with Gasteiger partial charge in [0, 0.05) is 23.6 Å². The summed E-state index contributed by atoms with van der Waals surface area (Å²) in [6, 6.07) is 13.0. The second-order valence-corrected chi connectivity index (χ2v) is 6.06. The van der Waals surface area contributed by atoms with Crippen molar-refractivity contribution < 1.29 is 9.84 Å². The molecule has 0 unspecified atom stereocenters. The van der Waals surface area contributed by atoms with Gasteiger partial charge >= 0.3 is 0 Å². The van der Waals surface area contributed by atoms with Crippen LogP contribution in [-0.2, 0) is 6.42 Å². The number of hydrogen-bond acceptors (Lipinski definition) is 3. The number of fused-ring (bicyclic) bond motifs is 6. The fourth-order valence-corrected chi connectivity index (χ4v) is 3.40. The Morgan fingerprint density at radius 1 is 1.17 bits per heavy atom. The van der Waals surface area contributed by atoms with Gasteiger partial charge in [0.05, 0.1) is 10.7 Å². The van der Waals surface area contributed by atoms with Crippen molar-refractivity contribution >= 4 is 28.0 Å². The molecular formula is C18H11ClN2O2. The highest BCUT2D eigenvalue weighted by Crippen LogP contribution is 2.41. The number of pyridine rings is 1. The summed E-state index contributed by atoms with van der Waals surface area (Å²) in [5, 5.41) is 12.2. The molecule has 5 rings (SSSR count). The summed E-state index contributed by atoms with van der Waals surface area (Å²) in [4.78, 5) is 4.65. The van der Waals surface area contributed by atoms with Crippen LogP contribution in [0.2, 0.25) is 5.02 Å². The van der Waals surface area contributed by atoms with Gasteiger partial charge in [-0.2, -0.15) is 4.98 Å². The van der Waals surface area contributed by atoms with Crippen LogP contribution in [-0.4, -0.2) is 14.5 Å². The van der Waals surface area contributed by atoms with Crippen molar-refractivity contribution in [1.82, 2.24) is 9.38 Å². The van der Waals surface area contributed by atoms with Gasteiger partial charge in [-0.1, -0.05) is 23.7 Å². The van der Waals surface area contributed by atoms with Crippen LogP contribution in [0.1, 0.15) is 11.3 Å². The Labute approximate surface area is 136 Å². The van der Waals surface area contributed by atoms with E-state index in [0.717, 1.165) is 34.1 Å². The van der Waals surface area contributed by atoms with E-state index in [1.807, 2.05) is 40.9 Å². The third kappa shape index (κ3) is 1.75. The van der Waals surface area contributed by atoms with E-state index in [-0.39, 0.29) is 5.75 Å². The third-order valence-electron chi connectivity index (χ3n) is 4.26. The Morgan fingerprint density at radius 3 is 3.00 bits per heavy atom. The summed E-state index contributed by atoms with van der Waals surface area (Å²) in [6.07, 6.45) is 2.68. The number of halogens is 1. The maximum atomic E-state index is 9.65. The van der Waals surface area contributed by atoms with Gasteiger partial charge < -0.3 is 9.84 Å². The average Bonchev–Trinajstić information content (AvgIpc) is 2.91. The number of hydrogen-bond donors (Lipinski definition) is 1.